The summed E-state index contributed by atoms with van der Waals surface area (Å²) in [6.07, 6.45) is 0. The van der Waals surface area contributed by atoms with Crippen LogP contribution in [0, 0.1) is 6.57 Å². The van der Waals surface area contributed by atoms with Crippen LogP contribution in [0.5, 0.6) is 0 Å². The van der Waals surface area contributed by atoms with E-state index in [9.17, 15) is 0 Å². The van der Waals surface area contributed by atoms with E-state index in [1.54, 1.807) is 0 Å². The molecule has 0 bridgehead atoms. The molecule has 1 N–H and O–H groups in total. The van der Waals surface area contributed by atoms with Gasteiger partial charge in [0.25, 0.3) is 0 Å². The topological polar surface area (TPSA) is 18.0 Å². The zero-order valence-corrected chi connectivity index (χ0v) is 5.39. The Morgan fingerprint density at radius 2 is 2.11 bits per heavy atom. The van der Waals surface area contributed by atoms with Crippen LogP contribution in [0.1, 0.15) is 0 Å². The number of rotatable bonds is 1. The van der Waals surface area contributed by atoms with Crippen LogP contribution in [0.4, 0.5) is 0 Å². The van der Waals surface area contributed by atoms with Gasteiger partial charge in [0.05, 0.1) is 13.2 Å². The summed E-state index contributed by atoms with van der Waals surface area (Å²) in [5.74, 6) is 0. The van der Waals surface area contributed by atoms with E-state index in [1.165, 1.54) is 4.90 Å². The van der Waals surface area contributed by atoms with Crippen molar-refractivity contribution in [3.63, 3.8) is 0 Å². The standard InChI is InChI=1S/C6H10N2O/c1-7-6-8-2-4-9-5-3-8/h2-6H2/p+1. The van der Waals surface area contributed by atoms with Crippen LogP contribution in [-0.2, 0) is 4.74 Å². The first-order valence-electron chi connectivity index (χ1n) is 3.18. The average molecular weight is 127 g/mol. The SMILES string of the molecule is [C-]#[N+]C[NH+]1CCOCC1. The van der Waals surface area contributed by atoms with Gasteiger partial charge in [-0.3, -0.25) is 9.74 Å². The van der Waals surface area contributed by atoms with E-state index >= 15 is 0 Å². The fraction of sp³-hybridized carbons (Fsp3) is 0.833. The molecule has 0 spiro atoms. The highest BCUT2D eigenvalue weighted by Gasteiger charge is 2.13. The third-order valence-corrected chi connectivity index (χ3v) is 1.50. The largest absolute Gasteiger partial charge is 0.370 e. The second-order valence-electron chi connectivity index (χ2n) is 2.18. The Balaban J connectivity index is 2.17. The van der Waals surface area contributed by atoms with Gasteiger partial charge >= 0.3 is 6.67 Å². The molecule has 0 radical (unpaired) electrons. The minimum atomic E-state index is 0.614. The molecule has 0 aliphatic carbocycles. The molecule has 1 heterocycles. The first kappa shape index (κ1) is 6.53. The molecule has 1 rings (SSSR count). The summed E-state index contributed by atoms with van der Waals surface area (Å²) in [5.41, 5.74) is 0. The minimum Gasteiger partial charge on any atom is -0.370 e. The Morgan fingerprint density at radius 3 is 2.67 bits per heavy atom. The Kier molecular flexibility index (Phi) is 2.49. The van der Waals surface area contributed by atoms with E-state index in [-0.39, 0.29) is 0 Å². The summed E-state index contributed by atoms with van der Waals surface area (Å²) in [6.45, 7) is 10.9. The molecule has 3 heteroatoms. The molecule has 0 saturated carbocycles. The van der Waals surface area contributed by atoms with Crippen molar-refractivity contribution >= 4 is 0 Å². The summed E-state index contributed by atoms with van der Waals surface area (Å²) >= 11 is 0. The van der Waals surface area contributed by atoms with Gasteiger partial charge in [-0.15, -0.1) is 0 Å². The van der Waals surface area contributed by atoms with Crippen LogP contribution < -0.4 is 4.90 Å². The molecule has 0 aromatic heterocycles. The van der Waals surface area contributed by atoms with Gasteiger partial charge in [0.1, 0.15) is 13.1 Å². The van der Waals surface area contributed by atoms with E-state index in [2.05, 4.69) is 4.85 Å². The van der Waals surface area contributed by atoms with Crippen molar-refractivity contribution in [2.75, 3.05) is 33.0 Å². The van der Waals surface area contributed by atoms with Crippen molar-refractivity contribution in [1.29, 1.82) is 0 Å². The van der Waals surface area contributed by atoms with Crippen molar-refractivity contribution in [1.82, 2.24) is 0 Å². The molecule has 0 atom stereocenters. The lowest BCUT2D eigenvalue weighted by Gasteiger charge is -2.18. The number of hydrogen-bond donors (Lipinski definition) is 1. The predicted molar refractivity (Wildman–Crippen MR) is 33.0 cm³/mol. The summed E-state index contributed by atoms with van der Waals surface area (Å²) < 4.78 is 5.12. The van der Waals surface area contributed by atoms with E-state index in [0.717, 1.165) is 26.3 Å². The van der Waals surface area contributed by atoms with Crippen molar-refractivity contribution < 1.29 is 9.64 Å². The maximum absolute atomic E-state index is 6.60. The molecule has 9 heavy (non-hydrogen) atoms. The summed E-state index contributed by atoms with van der Waals surface area (Å²) in [4.78, 5) is 4.67. The summed E-state index contributed by atoms with van der Waals surface area (Å²) in [7, 11) is 0. The minimum absolute atomic E-state index is 0.614. The zero-order valence-electron chi connectivity index (χ0n) is 5.39. The van der Waals surface area contributed by atoms with Crippen LogP contribution in [0.2, 0.25) is 0 Å². The van der Waals surface area contributed by atoms with E-state index < -0.39 is 0 Å². The van der Waals surface area contributed by atoms with Crippen LogP contribution in [-0.4, -0.2) is 33.0 Å². The first-order valence-corrected chi connectivity index (χ1v) is 3.18. The predicted octanol–water partition coefficient (Wildman–Crippen LogP) is -1.22. The van der Waals surface area contributed by atoms with Gasteiger partial charge in [0.2, 0.25) is 0 Å². The highest BCUT2D eigenvalue weighted by Crippen LogP contribution is 1.73. The molecule has 1 saturated heterocycles. The molecule has 1 fully saturated rings. The highest BCUT2D eigenvalue weighted by molar-refractivity contribution is 4.47. The van der Waals surface area contributed by atoms with E-state index in [4.69, 9.17) is 11.3 Å². The molecule has 0 unspecified atom stereocenters. The molecule has 0 amide bonds. The third kappa shape index (κ3) is 2.00. The van der Waals surface area contributed by atoms with Crippen molar-refractivity contribution in [2.24, 2.45) is 0 Å². The second-order valence-corrected chi connectivity index (χ2v) is 2.18. The molecule has 50 valence electrons. The lowest BCUT2D eigenvalue weighted by molar-refractivity contribution is -0.902. The molecule has 1 aliphatic heterocycles. The first-order chi connectivity index (χ1) is 4.43. The fourth-order valence-corrected chi connectivity index (χ4v) is 0.930. The highest BCUT2D eigenvalue weighted by atomic mass is 16.5. The zero-order chi connectivity index (χ0) is 6.53. The number of quaternary nitrogens is 1. The Hall–Kier alpha value is -0.590. The Morgan fingerprint density at radius 1 is 1.44 bits per heavy atom. The molecule has 3 nitrogen and oxygen atoms in total. The smallest absolute Gasteiger partial charge is 0.338 e. The van der Waals surface area contributed by atoms with Crippen LogP contribution in [0.15, 0.2) is 0 Å². The van der Waals surface area contributed by atoms with Gasteiger partial charge < -0.3 is 4.74 Å². The van der Waals surface area contributed by atoms with Crippen molar-refractivity contribution in [3.8, 4) is 0 Å². The second kappa shape index (κ2) is 3.44. The van der Waals surface area contributed by atoms with Crippen molar-refractivity contribution in [3.05, 3.63) is 11.4 Å². The number of nitrogens with zero attached hydrogens (tertiary/aromatic N) is 1. The average Bonchev–Trinajstić information content (AvgIpc) is 1.91. The molecule has 1 aliphatic rings. The van der Waals surface area contributed by atoms with Gasteiger partial charge in [-0.05, 0) is 0 Å². The number of ether oxygens (including phenoxy) is 1. The lowest BCUT2D eigenvalue weighted by Crippen LogP contribution is -3.13. The molecule has 0 aromatic carbocycles. The van der Waals surface area contributed by atoms with Crippen LogP contribution >= 0.6 is 0 Å². The third-order valence-electron chi connectivity index (χ3n) is 1.50. The number of morpholine rings is 1. The summed E-state index contributed by atoms with van der Waals surface area (Å²) in [5, 5.41) is 0. The molecular weight excluding hydrogens is 116 g/mol. The molecular formula is C6H11N2O+. The van der Waals surface area contributed by atoms with Gasteiger partial charge in [-0.25, -0.2) is 6.57 Å². The van der Waals surface area contributed by atoms with Gasteiger partial charge in [0.15, 0.2) is 0 Å². The Labute approximate surface area is 55.0 Å². The van der Waals surface area contributed by atoms with Gasteiger partial charge in [0, 0.05) is 0 Å². The normalized spacial score (nSPS) is 21.2. The lowest BCUT2D eigenvalue weighted by atomic mass is 10.5. The van der Waals surface area contributed by atoms with E-state index in [0.29, 0.717) is 6.67 Å². The maximum Gasteiger partial charge on any atom is 0.338 e. The van der Waals surface area contributed by atoms with Gasteiger partial charge in [-0.1, -0.05) is 0 Å². The van der Waals surface area contributed by atoms with Crippen molar-refractivity contribution in [2.45, 2.75) is 0 Å². The van der Waals surface area contributed by atoms with Gasteiger partial charge in [-0.2, -0.15) is 0 Å². The maximum atomic E-state index is 6.60. The number of hydrogen-bond acceptors (Lipinski definition) is 1. The number of nitrogens with one attached hydrogen (secondary N) is 1. The Bertz CT molecular complexity index is 113. The van der Waals surface area contributed by atoms with Crippen LogP contribution in [0.3, 0.4) is 0 Å². The summed E-state index contributed by atoms with van der Waals surface area (Å²) in [6, 6.07) is 0. The van der Waals surface area contributed by atoms with E-state index in [1.807, 2.05) is 0 Å². The quantitative estimate of drug-likeness (QED) is 0.437. The van der Waals surface area contributed by atoms with Crippen LogP contribution in [0.25, 0.3) is 4.85 Å². The fourth-order valence-electron chi connectivity index (χ4n) is 0.930. The monoisotopic (exact) mass is 127 g/mol. The molecule has 0 aromatic rings.